The zero-order valence-electron chi connectivity index (χ0n) is 9.28. The average molecular weight is 276 g/mol. The van der Waals surface area contributed by atoms with Gasteiger partial charge in [0, 0.05) is 29.6 Å². The molecule has 1 aromatic carbocycles. The molecule has 1 amide bonds. The minimum absolute atomic E-state index is 0.0984. The first kappa shape index (κ1) is 13.2. The van der Waals surface area contributed by atoms with E-state index in [-0.39, 0.29) is 35.0 Å². The van der Waals surface area contributed by atoms with Gasteiger partial charge in [0.1, 0.15) is 0 Å². The van der Waals surface area contributed by atoms with Crippen LogP contribution in [-0.4, -0.2) is 24.0 Å². The molecule has 0 bridgehead atoms. The van der Waals surface area contributed by atoms with E-state index in [0.717, 1.165) is 0 Å². The molecule has 2 rings (SSSR count). The highest BCUT2D eigenvalue weighted by atomic mass is 32.2. The Morgan fingerprint density at radius 2 is 1.89 bits per heavy atom. The van der Waals surface area contributed by atoms with Gasteiger partial charge in [-0.1, -0.05) is 0 Å². The summed E-state index contributed by atoms with van der Waals surface area (Å²) < 4.78 is 36.4. The first-order chi connectivity index (χ1) is 8.35. The maximum absolute atomic E-state index is 12.1. The fourth-order valence-corrected chi connectivity index (χ4v) is 2.35. The number of alkyl halides is 3. The number of carbonyl (C=O) groups excluding carboxylic acids is 1. The summed E-state index contributed by atoms with van der Waals surface area (Å²) in [5, 5.41) is 0. The number of amides is 1. The Labute approximate surface area is 106 Å². The summed E-state index contributed by atoms with van der Waals surface area (Å²) >= 11 is -0.175. The largest absolute Gasteiger partial charge is 0.446 e. The number of benzene rings is 1. The fourth-order valence-electron chi connectivity index (χ4n) is 1.81. The summed E-state index contributed by atoms with van der Waals surface area (Å²) in [5.41, 5.74) is 1.94. The molecule has 1 atom stereocenters. The van der Waals surface area contributed by atoms with Gasteiger partial charge < -0.3 is 10.6 Å². The highest BCUT2D eigenvalue weighted by molar-refractivity contribution is 8.00. The van der Waals surface area contributed by atoms with Gasteiger partial charge >= 0.3 is 5.51 Å². The lowest BCUT2D eigenvalue weighted by molar-refractivity contribution is -0.117. The predicted molar refractivity (Wildman–Crippen MR) is 63.3 cm³/mol. The average Bonchev–Trinajstić information content (AvgIpc) is 2.57. The van der Waals surface area contributed by atoms with Crippen molar-refractivity contribution >= 4 is 23.4 Å². The summed E-state index contributed by atoms with van der Waals surface area (Å²) in [4.78, 5) is 13.2. The van der Waals surface area contributed by atoms with Gasteiger partial charge in [0.2, 0.25) is 5.91 Å². The zero-order valence-corrected chi connectivity index (χ0v) is 10.1. The van der Waals surface area contributed by atoms with E-state index in [1.54, 1.807) is 0 Å². The molecule has 1 fully saturated rings. The molecule has 0 spiro atoms. The van der Waals surface area contributed by atoms with Gasteiger partial charge in [0.25, 0.3) is 0 Å². The van der Waals surface area contributed by atoms with Crippen LogP contribution in [0.15, 0.2) is 29.2 Å². The van der Waals surface area contributed by atoms with E-state index in [4.69, 9.17) is 5.73 Å². The minimum Gasteiger partial charge on any atom is -0.326 e. The molecule has 1 saturated heterocycles. The maximum Gasteiger partial charge on any atom is 0.446 e. The molecule has 7 heteroatoms. The summed E-state index contributed by atoms with van der Waals surface area (Å²) in [7, 11) is 0. The smallest absolute Gasteiger partial charge is 0.326 e. The van der Waals surface area contributed by atoms with Crippen molar-refractivity contribution in [3.8, 4) is 0 Å². The van der Waals surface area contributed by atoms with Crippen LogP contribution in [0.3, 0.4) is 0 Å². The third-order valence-corrected chi connectivity index (χ3v) is 3.28. The van der Waals surface area contributed by atoms with Crippen molar-refractivity contribution in [2.24, 2.45) is 5.73 Å². The number of hydrogen-bond acceptors (Lipinski definition) is 3. The van der Waals surface area contributed by atoms with Crippen LogP contribution in [0.1, 0.15) is 6.42 Å². The monoisotopic (exact) mass is 276 g/mol. The van der Waals surface area contributed by atoms with Crippen molar-refractivity contribution in [3.05, 3.63) is 24.3 Å². The Morgan fingerprint density at radius 1 is 1.28 bits per heavy atom. The standard InChI is InChI=1S/C11H11F3N2OS/c12-11(13,14)18-9-3-1-8(2-4-9)16-6-7(15)5-10(16)17/h1-4,7H,5-6,15H2. The number of thioether (sulfide) groups is 1. The van der Waals surface area contributed by atoms with Crippen LogP contribution in [0.25, 0.3) is 0 Å². The number of nitrogens with zero attached hydrogens (tertiary/aromatic N) is 1. The molecule has 1 heterocycles. The molecule has 1 aliphatic rings. The van der Waals surface area contributed by atoms with Gasteiger partial charge in [0.15, 0.2) is 0 Å². The molecule has 0 aliphatic carbocycles. The Bertz CT molecular complexity index is 447. The molecule has 18 heavy (non-hydrogen) atoms. The van der Waals surface area contributed by atoms with Crippen LogP contribution >= 0.6 is 11.8 Å². The molecule has 1 aromatic rings. The van der Waals surface area contributed by atoms with E-state index in [2.05, 4.69) is 0 Å². The number of hydrogen-bond donors (Lipinski definition) is 1. The van der Waals surface area contributed by atoms with Crippen molar-refractivity contribution in [1.82, 2.24) is 0 Å². The number of nitrogens with two attached hydrogens (primary N) is 1. The Morgan fingerprint density at radius 3 is 2.33 bits per heavy atom. The highest BCUT2D eigenvalue weighted by Crippen LogP contribution is 2.37. The third-order valence-electron chi connectivity index (χ3n) is 2.54. The van der Waals surface area contributed by atoms with E-state index in [1.165, 1.54) is 29.2 Å². The van der Waals surface area contributed by atoms with Gasteiger partial charge in [-0.05, 0) is 36.0 Å². The van der Waals surface area contributed by atoms with Gasteiger partial charge in [0.05, 0.1) is 0 Å². The second kappa shape index (κ2) is 4.81. The van der Waals surface area contributed by atoms with E-state index in [1.807, 2.05) is 0 Å². The Kier molecular flexibility index (Phi) is 3.54. The Hall–Kier alpha value is -1.21. The molecular weight excluding hydrogens is 265 g/mol. The first-order valence-electron chi connectivity index (χ1n) is 5.27. The summed E-state index contributed by atoms with van der Waals surface area (Å²) in [6, 6.07) is 5.50. The maximum atomic E-state index is 12.1. The van der Waals surface area contributed by atoms with E-state index < -0.39 is 5.51 Å². The van der Waals surface area contributed by atoms with Gasteiger partial charge in [-0.25, -0.2) is 0 Å². The van der Waals surface area contributed by atoms with E-state index in [0.29, 0.717) is 12.2 Å². The lowest BCUT2D eigenvalue weighted by Gasteiger charge is -2.16. The molecule has 3 nitrogen and oxygen atoms in total. The molecular formula is C11H11F3N2OS. The van der Waals surface area contributed by atoms with Gasteiger partial charge in [-0.15, -0.1) is 0 Å². The molecule has 1 aliphatic heterocycles. The van der Waals surface area contributed by atoms with Crippen LogP contribution in [0.2, 0.25) is 0 Å². The van der Waals surface area contributed by atoms with E-state index in [9.17, 15) is 18.0 Å². The predicted octanol–water partition coefficient (Wildman–Crippen LogP) is 2.36. The van der Waals surface area contributed by atoms with Crippen LogP contribution < -0.4 is 10.6 Å². The summed E-state index contributed by atoms with van der Waals surface area (Å²) in [6.07, 6.45) is 0.277. The molecule has 1 unspecified atom stereocenters. The van der Waals surface area contributed by atoms with Crippen LogP contribution in [-0.2, 0) is 4.79 Å². The molecule has 0 aromatic heterocycles. The SMILES string of the molecule is NC1CC(=O)N(c2ccc(SC(F)(F)F)cc2)C1. The van der Waals surface area contributed by atoms with Gasteiger partial charge in [-0.3, -0.25) is 4.79 Å². The number of rotatable bonds is 2. The van der Waals surface area contributed by atoms with E-state index >= 15 is 0 Å². The molecule has 0 saturated carbocycles. The third kappa shape index (κ3) is 3.17. The van der Waals surface area contributed by atoms with Crippen LogP contribution in [0, 0.1) is 0 Å². The second-order valence-electron chi connectivity index (χ2n) is 4.01. The normalized spacial score (nSPS) is 20.6. The lowest BCUT2D eigenvalue weighted by Crippen LogP contribution is -2.27. The molecule has 2 N–H and O–H groups in total. The second-order valence-corrected chi connectivity index (χ2v) is 5.15. The Balaban J connectivity index is 2.11. The van der Waals surface area contributed by atoms with Crippen molar-refractivity contribution in [3.63, 3.8) is 0 Å². The number of halogens is 3. The highest BCUT2D eigenvalue weighted by Gasteiger charge is 2.30. The first-order valence-corrected chi connectivity index (χ1v) is 6.08. The van der Waals surface area contributed by atoms with Crippen LogP contribution in [0.5, 0.6) is 0 Å². The topological polar surface area (TPSA) is 46.3 Å². The fraction of sp³-hybridized carbons (Fsp3) is 0.364. The molecule has 0 radical (unpaired) electrons. The lowest BCUT2D eigenvalue weighted by atomic mass is 10.3. The summed E-state index contributed by atoms with van der Waals surface area (Å²) in [5.74, 6) is -0.0984. The van der Waals surface area contributed by atoms with Gasteiger partial charge in [-0.2, -0.15) is 13.2 Å². The minimum atomic E-state index is -4.30. The van der Waals surface area contributed by atoms with Crippen molar-refractivity contribution in [2.45, 2.75) is 22.9 Å². The number of carbonyl (C=O) groups is 1. The number of anilines is 1. The van der Waals surface area contributed by atoms with Crippen molar-refractivity contribution in [2.75, 3.05) is 11.4 Å². The quantitative estimate of drug-likeness (QED) is 0.843. The van der Waals surface area contributed by atoms with Crippen molar-refractivity contribution < 1.29 is 18.0 Å². The zero-order chi connectivity index (χ0) is 13.3. The summed E-state index contributed by atoms with van der Waals surface area (Å²) in [6.45, 7) is 0.407. The van der Waals surface area contributed by atoms with Crippen molar-refractivity contribution in [1.29, 1.82) is 0 Å². The van der Waals surface area contributed by atoms with Crippen LogP contribution in [0.4, 0.5) is 18.9 Å². The molecule has 98 valence electrons.